The van der Waals surface area contributed by atoms with Crippen LogP contribution in [0.5, 0.6) is 0 Å². The molecule has 2 nitrogen and oxygen atoms in total. The van der Waals surface area contributed by atoms with Gasteiger partial charge in [-0.15, -0.1) is 24.1 Å². The maximum Gasteiger partial charge on any atom is 0.106 e. The van der Waals surface area contributed by atoms with E-state index in [0.717, 1.165) is 10.8 Å². The molecule has 1 heterocycles. The smallest absolute Gasteiger partial charge is 0.106 e. The van der Waals surface area contributed by atoms with E-state index in [1.54, 1.807) is 6.20 Å². The van der Waals surface area contributed by atoms with E-state index in [2.05, 4.69) is 29.3 Å². The van der Waals surface area contributed by atoms with E-state index in [4.69, 9.17) is 5.73 Å². The summed E-state index contributed by atoms with van der Waals surface area (Å²) in [7, 11) is 1.35. The normalized spacial score (nSPS) is 7.92. The fourth-order valence-corrected chi connectivity index (χ4v) is 0.973. The molecule has 0 saturated carbocycles. The summed E-state index contributed by atoms with van der Waals surface area (Å²) in [6.45, 7) is 0.684. The van der Waals surface area contributed by atoms with Gasteiger partial charge < -0.3 is 5.73 Å². The van der Waals surface area contributed by atoms with Crippen molar-refractivity contribution in [3.05, 3.63) is 24.4 Å². The third-order valence-corrected chi connectivity index (χ3v) is 2.11. The minimum absolute atomic E-state index is 0. The third kappa shape index (κ3) is 10.4. The van der Waals surface area contributed by atoms with Gasteiger partial charge in [-0.2, -0.15) is 12.6 Å². The van der Waals surface area contributed by atoms with Gasteiger partial charge in [0.05, 0.1) is 0 Å². The van der Waals surface area contributed by atoms with Crippen molar-refractivity contribution in [2.24, 2.45) is 5.73 Å². The number of nitrogens with zero attached hydrogens (tertiary/aromatic N) is 1. The first kappa shape index (κ1) is 15.9. The number of nitrogens with two attached hydrogens (primary N) is 1. The first-order valence-electron chi connectivity index (χ1n) is 3.38. The lowest BCUT2D eigenvalue weighted by Gasteiger charge is -1.87. The molecule has 0 radical (unpaired) electrons. The van der Waals surface area contributed by atoms with Gasteiger partial charge in [-0.25, -0.2) is 4.98 Å². The topological polar surface area (TPSA) is 38.9 Å². The molecule has 0 amide bonds. The Balaban J connectivity index is 0. The second-order valence-corrected chi connectivity index (χ2v) is 3.37. The summed E-state index contributed by atoms with van der Waals surface area (Å²) in [5.41, 5.74) is 4.95. The van der Waals surface area contributed by atoms with E-state index < -0.39 is 0 Å². The fourth-order valence-electron chi connectivity index (χ4n) is 0.401. The van der Waals surface area contributed by atoms with Gasteiger partial charge >= 0.3 is 0 Å². The molecule has 6 heteroatoms. The molecule has 0 saturated heterocycles. The molecule has 0 aliphatic carbocycles. The van der Waals surface area contributed by atoms with Gasteiger partial charge in [0.1, 0.15) is 5.03 Å². The van der Waals surface area contributed by atoms with Crippen molar-refractivity contribution in [2.75, 3.05) is 12.3 Å². The summed E-state index contributed by atoms with van der Waals surface area (Å²) in [6, 6.07) is 5.73. The van der Waals surface area contributed by atoms with E-state index in [1.807, 2.05) is 18.2 Å². The van der Waals surface area contributed by atoms with Crippen molar-refractivity contribution in [3.8, 4) is 0 Å². The van der Waals surface area contributed by atoms with E-state index in [9.17, 15) is 0 Å². The molecule has 1 aromatic heterocycles. The van der Waals surface area contributed by atoms with Crippen molar-refractivity contribution < 1.29 is 0 Å². The molecule has 0 atom stereocenters. The third-order valence-electron chi connectivity index (χ3n) is 0.860. The highest BCUT2D eigenvalue weighted by atomic mass is 35.5. The molecule has 1 aromatic rings. The van der Waals surface area contributed by atoms with Crippen molar-refractivity contribution in [3.63, 3.8) is 0 Å². The van der Waals surface area contributed by atoms with Crippen LogP contribution in [0, 0.1) is 0 Å². The second-order valence-electron chi connectivity index (χ2n) is 1.77. The van der Waals surface area contributed by atoms with E-state index in [-0.39, 0.29) is 12.4 Å². The molecule has 0 bridgehead atoms. The fraction of sp³-hybridized carbons (Fsp3) is 0.286. The average molecular weight is 257 g/mol. The van der Waals surface area contributed by atoms with Gasteiger partial charge in [0.15, 0.2) is 0 Å². The van der Waals surface area contributed by atoms with Crippen molar-refractivity contribution in [1.29, 1.82) is 0 Å². The lowest BCUT2D eigenvalue weighted by atomic mass is 10.5. The number of thiol groups is 2. The van der Waals surface area contributed by atoms with Crippen LogP contribution in [-0.2, 0) is 0 Å². The Morgan fingerprint density at radius 3 is 2.31 bits per heavy atom. The zero-order valence-corrected chi connectivity index (χ0v) is 10.4. The summed E-state index contributed by atoms with van der Waals surface area (Å²) < 4.78 is 0. The van der Waals surface area contributed by atoms with Crippen LogP contribution in [0.3, 0.4) is 0 Å². The van der Waals surface area contributed by atoms with E-state index in [0.29, 0.717) is 6.54 Å². The Morgan fingerprint density at radius 1 is 1.46 bits per heavy atom. The van der Waals surface area contributed by atoms with Gasteiger partial charge in [0, 0.05) is 18.5 Å². The van der Waals surface area contributed by atoms with Gasteiger partial charge in [0.2, 0.25) is 0 Å². The van der Waals surface area contributed by atoms with Crippen LogP contribution in [-0.4, -0.2) is 17.3 Å². The molecular formula is C7H13ClN2S3. The Bertz CT molecular complexity index is 184. The molecule has 0 aliphatic rings. The van der Waals surface area contributed by atoms with Crippen LogP contribution in [0.2, 0.25) is 0 Å². The van der Waals surface area contributed by atoms with Crippen LogP contribution in [0.15, 0.2) is 29.4 Å². The lowest BCUT2D eigenvalue weighted by Crippen LogP contribution is -1.97. The Labute approximate surface area is 99.7 Å². The summed E-state index contributed by atoms with van der Waals surface area (Å²) in [5, 5.41) is 0.941. The Hall–Kier alpha value is 0.450. The summed E-state index contributed by atoms with van der Waals surface area (Å²) >= 11 is 7.76. The number of halogens is 1. The highest BCUT2D eigenvalue weighted by Crippen LogP contribution is 2.16. The summed E-state index contributed by atoms with van der Waals surface area (Å²) in [6.07, 6.45) is 1.75. The highest BCUT2D eigenvalue weighted by Gasteiger charge is 1.83. The largest absolute Gasteiger partial charge is 0.330 e. The minimum Gasteiger partial charge on any atom is -0.330 e. The lowest BCUT2D eigenvalue weighted by molar-refractivity contribution is 1.14. The minimum atomic E-state index is 0. The van der Waals surface area contributed by atoms with E-state index >= 15 is 0 Å². The number of aromatic nitrogens is 1. The SMILES string of the molecule is Cl.NCCS.SSc1ccccn1. The maximum atomic E-state index is 4.95. The molecular weight excluding hydrogens is 244 g/mol. The number of rotatable bonds is 2. The second kappa shape index (κ2) is 12.4. The Kier molecular flexibility index (Phi) is 15.2. The first-order chi connectivity index (χ1) is 5.85. The predicted molar refractivity (Wildman–Crippen MR) is 69.2 cm³/mol. The van der Waals surface area contributed by atoms with E-state index in [1.165, 1.54) is 10.8 Å². The van der Waals surface area contributed by atoms with Crippen LogP contribution in [0.1, 0.15) is 0 Å². The van der Waals surface area contributed by atoms with Crippen molar-refractivity contribution >= 4 is 47.5 Å². The average Bonchev–Trinajstić information content (AvgIpc) is 2.19. The predicted octanol–water partition coefficient (Wildman–Crippen LogP) is 2.32. The van der Waals surface area contributed by atoms with Crippen molar-refractivity contribution in [2.45, 2.75) is 5.03 Å². The molecule has 13 heavy (non-hydrogen) atoms. The monoisotopic (exact) mass is 256 g/mol. The van der Waals surface area contributed by atoms with Gasteiger partial charge in [0.25, 0.3) is 0 Å². The van der Waals surface area contributed by atoms with Gasteiger partial charge in [-0.3, -0.25) is 0 Å². The van der Waals surface area contributed by atoms with Crippen molar-refractivity contribution in [1.82, 2.24) is 4.98 Å². The zero-order valence-electron chi connectivity index (χ0n) is 6.96. The summed E-state index contributed by atoms with van der Waals surface area (Å²) in [5.74, 6) is 0.792. The van der Waals surface area contributed by atoms with Crippen LogP contribution < -0.4 is 5.73 Å². The molecule has 0 aliphatic heterocycles. The number of hydrogen-bond acceptors (Lipinski definition) is 5. The maximum absolute atomic E-state index is 4.95. The van der Waals surface area contributed by atoms with Gasteiger partial charge in [-0.1, -0.05) is 6.07 Å². The van der Waals surface area contributed by atoms with Crippen LogP contribution in [0.4, 0.5) is 0 Å². The van der Waals surface area contributed by atoms with Crippen LogP contribution in [0.25, 0.3) is 0 Å². The molecule has 2 N–H and O–H groups in total. The molecule has 0 spiro atoms. The summed E-state index contributed by atoms with van der Waals surface area (Å²) in [4.78, 5) is 3.98. The molecule has 0 unspecified atom stereocenters. The van der Waals surface area contributed by atoms with Gasteiger partial charge in [-0.05, 0) is 22.9 Å². The molecule has 1 rings (SSSR count). The quantitative estimate of drug-likeness (QED) is 0.562. The highest BCUT2D eigenvalue weighted by molar-refractivity contribution is 8.68. The number of hydrogen-bond donors (Lipinski definition) is 3. The van der Waals surface area contributed by atoms with Crippen LogP contribution >= 0.6 is 47.5 Å². The standard InChI is InChI=1S/C5H5NS2.C2H7NS.ClH/c7-8-5-3-1-2-4-6-5;3-1-2-4;/h1-4,7H;4H,1-3H2;1H. The first-order valence-corrected chi connectivity index (χ1v) is 5.88. The zero-order chi connectivity index (χ0) is 9.23. The number of pyridine rings is 1. The molecule has 76 valence electrons. The molecule has 0 fully saturated rings. The molecule has 0 aromatic carbocycles. The Morgan fingerprint density at radius 2 is 2.08 bits per heavy atom.